The maximum atomic E-state index is 5.53. The molecule has 0 aliphatic carbocycles. The summed E-state index contributed by atoms with van der Waals surface area (Å²) >= 11 is 7.13. The van der Waals surface area contributed by atoms with E-state index in [4.69, 9.17) is 11.6 Å². The molecule has 0 bridgehead atoms. The molecule has 14 heavy (non-hydrogen) atoms. The van der Waals surface area contributed by atoms with Crippen molar-refractivity contribution in [2.24, 2.45) is 0 Å². The van der Waals surface area contributed by atoms with Crippen molar-refractivity contribution in [2.45, 2.75) is 13.3 Å². The molecule has 0 atom stereocenters. The van der Waals surface area contributed by atoms with Crippen molar-refractivity contribution in [1.82, 2.24) is 20.2 Å². The van der Waals surface area contributed by atoms with Gasteiger partial charge in [0.15, 0.2) is 0 Å². The first-order chi connectivity index (χ1) is 6.79. The molecule has 2 heterocycles. The van der Waals surface area contributed by atoms with Crippen molar-refractivity contribution in [2.75, 3.05) is 0 Å². The van der Waals surface area contributed by atoms with Gasteiger partial charge in [-0.1, -0.05) is 6.92 Å². The van der Waals surface area contributed by atoms with E-state index in [0.29, 0.717) is 5.69 Å². The molecule has 0 spiro atoms. The lowest BCUT2D eigenvalue weighted by Gasteiger charge is -1.91. The Morgan fingerprint density at radius 1 is 1.29 bits per heavy atom. The van der Waals surface area contributed by atoms with Gasteiger partial charge in [-0.25, -0.2) is 9.97 Å². The molecule has 2 aromatic heterocycles. The Bertz CT molecular complexity index is 425. The molecule has 4 nitrogen and oxygen atoms in total. The Morgan fingerprint density at radius 3 is 2.71 bits per heavy atom. The third-order valence-corrected chi connectivity index (χ3v) is 2.99. The standard InChI is InChI=1S/C8H7ClN4S/c1-2-5-3-10-7(14-5)6-4-11-8(9)13-12-6/h3-4H,2H2,1H3. The molecule has 72 valence electrons. The molecule has 2 rings (SSSR count). The van der Waals surface area contributed by atoms with Crippen LogP contribution in [-0.2, 0) is 6.42 Å². The van der Waals surface area contributed by atoms with Crippen LogP contribution in [0.4, 0.5) is 0 Å². The van der Waals surface area contributed by atoms with E-state index >= 15 is 0 Å². The van der Waals surface area contributed by atoms with E-state index in [1.165, 1.54) is 4.88 Å². The van der Waals surface area contributed by atoms with E-state index in [2.05, 4.69) is 27.1 Å². The monoisotopic (exact) mass is 226 g/mol. The highest BCUT2D eigenvalue weighted by Crippen LogP contribution is 2.22. The van der Waals surface area contributed by atoms with Gasteiger partial charge in [-0.2, -0.15) is 0 Å². The average molecular weight is 227 g/mol. The SMILES string of the molecule is CCc1cnc(-c2cnc(Cl)nn2)s1. The smallest absolute Gasteiger partial charge is 0.242 e. The van der Waals surface area contributed by atoms with Gasteiger partial charge in [0.1, 0.15) is 10.7 Å². The first-order valence-corrected chi connectivity index (χ1v) is 5.29. The summed E-state index contributed by atoms with van der Waals surface area (Å²) in [5.74, 6) is 0. The zero-order valence-electron chi connectivity index (χ0n) is 7.44. The lowest BCUT2D eigenvalue weighted by molar-refractivity contribution is 0.975. The molecule has 0 aliphatic rings. The van der Waals surface area contributed by atoms with Gasteiger partial charge in [-0.15, -0.1) is 21.5 Å². The van der Waals surface area contributed by atoms with Gasteiger partial charge in [0.2, 0.25) is 5.28 Å². The summed E-state index contributed by atoms with van der Waals surface area (Å²) in [5, 5.41) is 8.55. The lowest BCUT2D eigenvalue weighted by Crippen LogP contribution is -1.89. The summed E-state index contributed by atoms with van der Waals surface area (Å²) in [5.41, 5.74) is 0.666. The van der Waals surface area contributed by atoms with Gasteiger partial charge in [0.05, 0.1) is 6.20 Å². The minimum absolute atomic E-state index is 0.154. The molecule has 0 amide bonds. The number of hydrogen-bond acceptors (Lipinski definition) is 5. The van der Waals surface area contributed by atoms with E-state index in [1.54, 1.807) is 17.5 Å². The highest BCUT2D eigenvalue weighted by Gasteiger charge is 2.05. The van der Waals surface area contributed by atoms with Crippen LogP contribution in [-0.4, -0.2) is 20.2 Å². The Balaban J connectivity index is 2.34. The van der Waals surface area contributed by atoms with Crippen LogP contribution in [0, 0.1) is 0 Å². The number of hydrogen-bond donors (Lipinski definition) is 0. The second-order valence-electron chi connectivity index (χ2n) is 2.60. The predicted octanol–water partition coefficient (Wildman–Crippen LogP) is 2.21. The van der Waals surface area contributed by atoms with Crippen LogP contribution in [0.3, 0.4) is 0 Å². The van der Waals surface area contributed by atoms with Crippen LogP contribution in [0.15, 0.2) is 12.4 Å². The molecule has 0 unspecified atom stereocenters. The summed E-state index contributed by atoms with van der Waals surface area (Å²) in [4.78, 5) is 9.29. The van der Waals surface area contributed by atoms with Gasteiger partial charge in [0, 0.05) is 11.1 Å². The van der Waals surface area contributed by atoms with Crippen LogP contribution in [0.1, 0.15) is 11.8 Å². The van der Waals surface area contributed by atoms with E-state index in [-0.39, 0.29) is 5.28 Å². The maximum Gasteiger partial charge on any atom is 0.242 e. The molecule has 0 saturated carbocycles. The zero-order chi connectivity index (χ0) is 9.97. The number of aromatic nitrogens is 4. The first kappa shape index (κ1) is 9.48. The Kier molecular flexibility index (Phi) is 2.69. The fraction of sp³-hybridized carbons (Fsp3) is 0.250. The molecule has 0 aliphatic heterocycles. The number of thiazole rings is 1. The minimum Gasteiger partial charge on any atom is -0.242 e. The molecule has 0 radical (unpaired) electrons. The van der Waals surface area contributed by atoms with Crippen molar-refractivity contribution in [3.05, 3.63) is 22.6 Å². The van der Waals surface area contributed by atoms with Crippen molar-refractivity contribution in [3.8, 4) is 10.7 Å². The van der Waals surface area contributed by atoms with Crippen molar-refractivity contribution in [1.29, 1.82) is 0 Å². The highest BCUT2D eigenvalue weighted by atomic mass is 35.5. The van der Waals surface area contributed by atoms with Gasteiger partial charge in [0.25, 0.3) is 0 Å². The summed E-state index contributed by atoms with van der Waals surface area (Å²) < 4.78 is 0. The lowest BCUT2D eigenvalue weighted by atomic mass is 10.4. The number of halogens is 1. The van der Waals surface area contributed by atoms with Crippen molar-refractivity contribution >= 4 is 22.9 Å². The molecular weight excluding hydrogens is 220 g/mol. The van der Waals surface area contributed by atoms with Crippen molar-refractivity contribution < 1.29 is 0 Å². The first-order valence-electron chi connectivity index (χ1n) is 4.10. The summed E-state index contributed by atoms with van der Waals surface area (Å²) in [6, 6.07) is 0. The van der Waals surface area contributed by atoms with Crippen LogP contribution in [0.2, 0.25) is 5.28 Å². The van der Waals surface area contributed by atoms with Gasteiger partial charge in [-0.3, -0.25) is 0 Å². The minimum atomic E-state index is 0.154. The fourth-order valence-electron chi connectivity index (χ4n) is 0.949. The van der Waals surface area contributed by atoms with Gasteiger partial charge >= 0.3 is 0 Å². The Hall–Kier alpha value is -1.07. The van der Waals surface area contributed by atoms with E-state index in [1.807, 2.05) is 6.20 Å². The second kappa shape index (κ2) is 3.98. The summed E-state index contributed by atoms with van der Waals surface area (Å²) in [6.45, 7) is 2.09. The Labute approximate surface area is 90.0 Å². The molecular formula is C8H7ClN4S. The average Bonchev–Trinajstić information content (AvgIpc) is 2.67. The Morgan fingerprint density at radius 2 is 2.14 bits per heavy atom. The van der Waals surface area contributed by atoms with Crippen molar-refractivity contribution in [3.63, 3.8) is 0 Å². The number of rotatable bonds is 2. The van der Waals surface area contributed by atoms with Crippen LogP contribution in [0.5, 0.6) is 0 Å². The molecule has 6 heteroatoms. The maximum absolute atomic E-state index is 5.53. The van der Waals surface area contributed by atoms with E-state index in [0.717, 1.165) is 11.4 Å². The third kappa shape index (κ3) is 1.88. The molecule has 0 aromatic carbocycles. The molecule has 0 N–H and O–H groups in total. The van der Waals surface area contributed by atoms with Gasteiger partial charge in [-0.05, 0) is 18.0 Å². The largest absolute Gasteiger partial charge is 0.242 e. The molecule has 2 aromatic rings. The van der Waals surface area contributed by atoms with E-state index in [9.17, 15) is 0 Å². The topological polar surface area (TPSA) is 51.6 Å². The van der Waals surface area contributed by atoms with Crippen LogP contribution >= 0.6 is 22.9 Å². The number of aryl methyl sites for hydroxylation is 1. The highest BCUT2D eigenvalue weighted by molar-refractivity contribution is 7.14. The van der Waals surface area contributed by atoms with Gasteiger partial charge < -0.3 is 0 Å². The predicted molar refractivity (Wildman–Crippen MR) is 55.3 cm³/mol. The van der Waals surface area contributed by atoms with Crippen LogP contribution < -0.4 is 0 Å². The third-order valence-electron chi connectivity index (χ3n) is 1.65. The zero-order valence-corrected chi connectivity index (χ0v) is 9.01. The summed E-state index contributed by atoms with van der Waals surface area (Å²) in [6.07, 6.45) is 4.40. The van der Waals surface area contributed by atoms with E-state index < -0.39 is 0 Å². The van der Waals surface area contributed by atoms with Crippen LogP contribution in [0.25, 0.3) is 10.7 Å². The normalized spacial score (nSPS) is 10.4. The number of nitrogens with zero attached hydrogens (tertiary/aromatic N) is 4. The molecule has 0 fully saturated rings. The fourth-order valence-corrected chi connectivity index (χ4v) is 1.84. The molecule has 0 saturated heterocycles. The quantitative estimate of drug-likeness (QED) is 0.788. The second-order valence-corrected chi connectivity index (χ2v) is 4.05. The summed E-state index contributed by atoms with van der Waals surface area (Å²) in [7, 11) is 0.